The van der Waals surface area contributed by atoms with Crippen LogP contribution in [0.4, 0.5) is 4.39 Å². The van der Waals surface area contributed by atoms with Gasteiger partial charge in [-0.25, -0.2) is 4.39 Å². The van der Waals surface area contributed by atoms with Crippen molar-refractivity contribution in [3.8, 4) is 6.19 Å². The molecule has 0 saturated heterocycles. The summed E-state index contributed by atoms with van der Waals surface area (Å²) in [7, 11) is 1.38. The molecule has 2 rings (SSSR count). The minimum atomic E-state index is -0.770. The van der Waals surface area contributed by atoms with E-state index in [-0.39, 0.29) is 5.56 Å². The second kappa shape index (κ2) is 8.44. The Bertz CT molecular complexity index is 635. The average Bonchev–Trinajstić information content (AvgIpc) is 2.60. The lowest BCUT2D eigenvalue weighted by molar-refractivity contribution is -0.129. The summed E-state index contributed by atoms with van der Waals surface area (Å²) in [5.74, 6) is -1.10. The Hall–Kier alpha value is -2.42. The number of nitriles is 1. The van der Waals surface area contributed by atoms with Gasteiger partial charge in [-0.1, -0.05) is 38.2 Å². The molecular formula is C18H22FN3O2. The van der Waals surface area contributed by atoms with E-state index in [1.807, 2.05) is 0 Å². The second-order valence-electron chi connectivity index (χ2n) is 6.27. The molecule has 1 atom stereocenters. The first kappa shape index (κ1) is 17.9. The fraction of sp³-hybridized carbons (Fsp3) is 0.500. The molecule has 6 heteroatoms. The van der Waals surface area contributed by atoms with Gasteiger partial charge in [-0.2, -0.15) is 5.26 Å². The summed E-state index contributed by atoms with van der Waals surface area (Å²) in [6.45, 7) is 0. The Morgan fingerprint density at radius 1 is 1.38 bits per heavy atom. The predicted molar refractivity (Wildman–Crippen MR) is 87.2 cm³/mol. The van der Waals surface area contributed by atoms with Crippen LogP contribution in [-0.2, 0) is 4.79 Å². The average molecular weight is 331 g/mol. The first-order chi connectivity index (χ1) is 11.5. The van der Waals surface area contributed by atoms with Crippen LogP contribution in [0.1, 0.15) is 48.9 Å². The van der Waals surface area contributed by atoms with Crippen molar-refractivity contribution in [2.75, 3.05) is 7.05 Å². The predicted octanol–water partition coefficient (Wildman–Crippen LogP) is 2.83. The fourth-order valence-electron chi connectivity index (χ4n) is 3.13. The van der Waals surface area contributed by atoms with Crippen molar-refractivity contribution in [1.82, 2.24) is 10.2 Å². The number of carbonyl (C=O) groups is 2. The standard InChI is InChI=1S/C18H22FN3O2/c1-22(12-20)18(24)16(10-13-6-3-2-4-7-13)21-17(23)14-8-5-9-15(19)11-14/h5,8-9,11,13,16H,2-4,6-7,10H2,1H3,(H,21,23). The fourth-order valence-corrected chi connectivity index (χ4v) is 3.13. The molecule has 0 radical (unpaired) electrons. The monoisotopic (exact) mass is 331 g/mol. The van der Waals surface area contributed by atoms with Crippen LogP contribution in [0.5, 0.6) is 0 Å². The van der Waals surface area contributed by atoms with Crippen molar-refractivity contribution in [3.63, 3.8) is 0 Å². The number of carbonyl (C=O) groups excluding carboxylic acids is 2. The van der Waals surface area contributed by atoms with Crippen LogP contribution < -0.4 is 5.32 Å². The van der Waals surface area contributed by atoms with Gasteiger partial charge in [0.2, 0.25) is 0 Å². The van der Waals surface area contributed by atoms with Crippen LogP contribution in [0.3, 0.4) is 0 Å². The molecule has 1 aliphatic rings. The van der Waals surface area contributed by atoms with E-state index >= 15 is 0 Å². The Kier molecular flexibility index (Phi) is 6.30. The lowest BCUT2D eigenvalue weighted by Gasteiger charge is -2.27. The van der Waals surface area contributed by atoms with Gasteiger partial charge in [0.05, 0.1) is 0 Å². The number of hydrogen-bond donors (Lipinski definition) is 1. The van der Waals surface area contributed by atoms with Gasteiger partial charge in [-0.3, -0.25) is 14.5 Å². The van der Waals surface area contributed by atoms with Crippen molar-refractivity contribution in [3.05, 3.63) is 35.6 Å². The molecule has 0 spiro atoms. The zero-order valence-electron chi connectivity index (χ0n) is 13.8. The van der Waals surface area contributed by atoms with E-state index in [0.717, 1.165) is 36.6 Å². The Morgan fingerprint density at radius 2 is 2.08 bits per heavy atom. The van der Waals surface area contributed by atoms with Crippen molar-refractivity contribution in [2.24, 2.45) is 5.92 Å². The number of likely N-dealkylation sites (N-methyl/N-ethyl adjacent to an activating group) is 1. The van der Waals surface area contributed by atoms with Gasteiger partial charge in [0.1, 0.15) is 11.9 Å². The Balaban J connectivity index is 2.10. The maximum Gasteiger partial charge on any atom is 0.257 e. The summed E-state index contributed by atoms with van der Waals surface area (Å²) in [6, 6.07) is 4.56. The summed E-state index contributed by atoms with van der Waals surface area (Å²) in [4.78, 5) is 25.7. The first-order valence-corrected chi connectivity index (χ1v) is 8.25. The number of nitrogens with one attached hydrogen (secondary N) is 1. The quantitative estimate of drug-likeness (QED) is 0.666. The maximum atomic E-state index is 13.3. The van der Waals surface area contributed by atoms with Crippen LogP contribution in [-0.4, -0.2) is 29.8 Å². The van der Waals surface area contributed by atoms with Crippen LogP contribution in [0.25, 0.3) is 0 Å². The zero-order chi connectivity index (χ0) is 17.5. The number of hydrogen-bond acceptors (Lipinski definition) is 3. The lowest BCUT2D eigenvalue weighted by atomic mass is 9.84. The molecule has 1 aromatic rings. The molecule has 2 amide bonds. The van der Waals surface area contributed by atoms with Gasteiger partial charge < -0.3 is 5.32 Å². The molecule has 1 saturated carbocycles. The first-order valence-electron chi connectivity index (χ1n) is 8.25. The van der Waals surface area contributed by atoms with Crippen LogP contribution in [0, 0.1) is 23.2 Å². The summed E-state index contributed by atoms with van der Waals surface area (Å²) < 4.78 is 13.3. The summed E-state index contributed by atoms with van der Waals surface area (Å²) >= 11 is 0. The van der Waals surface area contributed by atoms with Gasteiger partial charge in [-0.15, -0.1) is 0 Å². The molecular weight excluding hydrogens is 309 g/mol. The van der Waals surface area contributed by atoms with Gasteiger partial charge in [0, 0.05) is 12.6 Å². The van der Waals surface area contributed by atoms with E-state index in [9.17, 15) is 14.0 Å². The molecule has 0 bridgehead atoms. The molecule has 1 unspecified atom stereocenters. The molecule has 1 N–H and O–H groups in total. The highest BCUT2D eigenvalue weighted by molar-refractivity contribution is 5.97. The summed E-state index contributed by atoms with van der Waals surface area (Å²) in [6.07, 6.45) is 7.77. The van der Waals surface area contributed by atoms with E-state index < -0.39 is 23.7 Å². The molecule has 128 valence electrons. The minimum absolute atomic E-state index is 0.163. The number of amides is 2. The molecule has 0 aromatic heterocycles. The van der Waals surface area contributed by atoms with Crippen molar-refractivity contribution in [2.45, 2.75) is 44.6 Å². The second-order valence-corrected chi connectivity index (χ2v) is 6.27. The third kappa shape index (κ3) is 4.79. The third-order valence-corrected chi connectivity index (χ3v) is 4.46. The minimum Gasteiger partial charge on any atom is -0.340 e. The summed E-state index contributed by atoms with van der Waals surface area (Å²) in [5, 5.41) is 11.6. The SMILES string of the molecule is CN(C#N)C(=O)C(CC1CCCCC1)NC(=O)c1cccc(F)c1. The number of nitrogens with zero attached hydrogens (tertiary/aromatic N) is 2. The summed E-state index contributed by atoms with van der Waals surface area (Å²) in [5.41, 5.74) is 0.163. The highest BCUT2D eigenvalue weighted by Crippen LogP contribution is 2.27. The number of rotatable bonds is 5. The van der Waals surface area contributed by atoms with Gasteiger partial charge in [-0.05, 0) is 30.5 Å². The molecule has 5 nitrogen and oxygen atoms in total. The van der Waals surface area contributed by atoms with E-state index in [0.29, 0.717) is 12.3 Å². The smallest absolute Gasteiger partial charge is 0.257 e. The van der Waals surface area contributed by atoms with Crippen molar-refractivity contribution >= 4 is 11.8 Å². The maximum absolute atomic E-state index is 13.3. The Morgan fingerprint density at radius 3 is 2.71 bits per heavy atom. The van der Waals surface area contributed by atoms with Crippen molar-refractivity contribution < 1.29 is 14.0 Å². The number of halogens is 1. The Labute approximate surface area is 141 Å². The van der Waals surface area contributed by atoms with Gasteiger partial charge in [0.15, 0.2) is 6.19 Å². The topological polar surface area (TPSA) is 73.2 Å². The normalized spacial score (nSPS) is 16.0. The van der Waals surface area contributed by atoms with E-state index in [1.54, 1.807) is 6.19 Å². The van der Waals surface area contributed by atoms with E-state index in [2.05, 4.69) is 5.32 Å². The highest BCUT2D eigenvalue weighted by atomic mass is 19.1. The molecule has 0 aliphatic heterocycles. The molecule has 1 aromatic carbocycles. The van der Waals surface area contributed by atoms with Crippen molar-refractivity contribution in [1.29, 1.82) is 5.26 Å². The van der Waals surface area contributed by atoms with Crippen LogP contribution in [0.2, 0.25) is 0 Å². The third-order valence-electron chi connectivity index (χ3n) is 4.46. The highest BCUT2D eigenvalue weighted by Gasteiger charge is 2.28. The zero-order valence-corrected chi connectivity index (χ0v) is 13.8. The molecule has 1 aliphatic carbocycles. The van der Waals surface area contributed by atoms with E-state index in [4.69, 9.17) is 5.26 Å². The van der Waals surface area contributed by atoms with Gasteiger partial charge in [0.25, 0.3) is 11.8 Å². The van der Waals surface area contributed by atoms with E-state index in [1.165, 1.54) is 31.7 Å². The lowest BCUT2D eigenvalue weighted by Crippen LogP contribution is -2.47. The number of benzene rings is 1. The van der Waals surface area contributed by atoms with Gasteiger partial charge >= 0.3 is 0 Å². The molecule has 24 heavy (non-hydrogen) atoms. The molecule has 1 fully saturated rings. The molecule has 0 heterocycles. The van der Waals surface area contributed by atoms with Crippen LogP contribution in [0.15, 0.2) is 24.3 Å². The largest absolute Gasteiger partial charge is 0.340 e. The van der Waals surface area contributed by atoms with Crippen LogP contribution >= 0.6 is 0 Å².